The minimum Gasteiger partial charge on any atom is -0.238 e. The smallest absolute Gasteiger partial charge is 0.147 e. The largest absolute Gasteiger partial charge is 0.238 e. The summed E-state index contributed by atoms with van der Waals surface area (Å²) in [5.74, 6) is 1.47. The van der Waals surface area contributed by atoms with Gasteiger partial charge in [0.05, 0.1) is 18.1 Å². The van der Waals surface area contributed by atoms with Crippen molar-refractivity contribution in [2.24, 2.45) is 0 Å². The Balaban J connectivity index is -0.000000134. The molecule has 0 atom stereocenters. The van der Waals surface area contributed by atoms with Crippen LogP contribution in [0.15, 0.2) is 37.6 Å². The molecule has 158 valence electrons. The number of hydrogen-bond acceptors (Lipinski definition) is 9. The third-order valence-electron chi connectivity index (χ3n) is 1.84. The molecular formula is C19H37N9. The Kier molecular flexibility index (Phi) is 33.6. The molecular weight excluding hydrogens is 354 g/mol. The van der Waals surface area contributed by atoms with Crippen LogP contribution in [0.1, 0.15) is 66.3 Å². The molecule has 0 aliphatic heterocycles. The highest BCUT2D eigenvalue weighted by molar-refractivity contribution is 4.84. The molecule has 3 heterocycles. The van der Waals surface area contributed by atoms with Crippen LogP contribution in [0.4, 0.5) is 0 Å². The standard InChI is InChI=1S/3C4H5N3.3C2H6.CH4/c1-4-6-2-5-3-7-4;1-4-2-6-7-3-5-4;1-4-5-2-3-6-7-4;3*1-2;/h3*2-3H,1H3;3*1-2H3;1H4. The number of nitrogens with zero attached hydrogens (tertiary/aromatic N) is 9. The van der Waals surface area contributed by atoms with Gasteiger partial charge in [0, 0.05) is 6.20 Å². The predicted molar refractivity (Wildman–Crippen MR) is 114 cm³/mol. The fraction of sp³-hybridized carbons (Fsp3) is 0.526. The maximum atomic E-state index is 3.81. The summed E-state index contributed by atoms with van der Waals surface area (Å²) in [7, 11) is 0. The van der Waals surface area contributed by atoms with Crippen LogP contribution in [0.3, 0.4) is 0 Å². The number of hydrogen-bond donors (Lipinski definition) is 0. The minimum atomic E-state index is 0. The van der Waals surface area contributed by atoms with E-state index in [9.17, 15) is 0 Å². The maximum absolute atomic E-state index is 3.81. The highest BCUT2D eigenvalue weighted by atomic mass is 15.1. The van der Waals surface area contributed by atoms with Crippen molar-refractivity contribution in [3.8, 4) is 0 Å². The maximum Gasteiger partial charge on any atom is 0.147 e. The summed E-state index contributed by atoms with van der Waals surface area (Å²) in [6.45, 7) is 17.5. The average molecular weight is 392 g/mol. The first kappa shape index (κ1) is 32.7. The van der Waals surface area contributed by atoms with Crippen molar-refractivity contribution < 1.29 is 0 Å². The van der Waals surface area contributed by atoms with Gasteiger partial charge < -0.3 is 0 Å². The molecule has 0 aliphatic rings. The second-order valence-corrected chi connectivity index (χ2v) is 3.62. The van der Waals surface area contributed by atoms with Crippen molar-refractivity contribution in [1.29, 1.82) is 0 Å². The molecule has 3 rings (SSSR count). The molecule has 9 heteroatoms. The van der Waals surface area contributed by atoms with E-state index in [0.29, 0.717) is 5.82 Å². The van der Waals surface area contributed by atoms with Crippen LogP contribution in [0, 0.1) is 20.8 Å². The summed E-state index contributed by atoms with van der Waals surface area (Å²) in [6, 6.07) is 0. The second-order valence-electron chi connectivity index (χ2n) is 3.62. The molecule has 3 aromatic rings. The van der Waals surface area contributed by atoms with Gasteiger partial charge in [-0.15, -0.1) is 10.2 Å². The molecule has 0 amide bonds. The van der Waals surface area contributed by atoms with Gasteiger partial charge in [0.15, 0.2) is 0 Å². The first-order valence-corrected chi connectivity index (χ1v) is 8.96. The summed E-state index contributed by atoms with van der Waals surface area (Å²) in [6.07, 6.45) is 9.15. The number of rotatable bonds is 0. The molecule has 9 nitrogen and oxygen atoms in total. The van der Waals surface area contributed by atoms with Crippen LogP contribution < -0.4 is 0 Å². The molecule has 0 aliphatic carbocycles. The van der Waals surface area contributed by atoms with E-state index in [1.807, 2.05) is 55.4 Å². The zero-order valence-corrected chi connectivity index (χ0v) is 18.0. The summed E-state index contributed by atoms with van der Waals surface area (Å²) >= 11 is 0. The quantitative estimate of drug-likeness (QED) is 0.554. The molecule has 0 aromatic carbocycles. The summed E-state index contributed by atoms with van der Waals surface area (Å²) in [5.41, 5.74) is 0.898. The van der Waals surface area contributed by atoms with E-state index in [1.54, 1.807) is 25.5 Å². The molecule has 0 spiro atoms. The first-order valence-electron chi connectivity index (χ1n) is 8.96. The summed E-state index contributed by atoms with van der Waals surface area (Å²) in [5, 5.41) is 14.2. The van der Waals surface area contributed by atoms with E-state index in [2.05, 4.69) is 45.3 Å². The van der Waals surface area contributed by atoms with Gasteiger partial charge in [-0.05, 0) is 20.8 Å². The van der Waals surface area contributed by atoms with E-state index in [-0.39, 0.29) is 7.43 Å². The van der Waals surface area contributed by atoms with Crippen LogP contribution >= 0.6 is 0 Å². The van der Waals surface area contributed by atoms with Crippen LogP contribution in [-0.4, -0.2) is 45.3 Å². The highest BCUT2D eigenvalue weighted by Crippen LogP contribution is 1.78. The Morgan fingerprint density at radius 1 is 0.571 bits per heavy atom. The Bertz CT molecular complexity index is 504. The first-order chi connectivity index (χ1) is 13.2. The van der Waals surface area contributed by atoms with Gasteiger partial charge in [0.1, 0.15) is 30.6 Å². The zero-order valence-electron chi connectivity index (χ0n) is 18.0. The van der Waals surface area contributed by atoms with E-state index >= 15 is 0 Å². The van der Waals surface area contributed by atoms with Crippen molar-refractivity contribution in [1.82, 2.24) is 45.3 Å². The lowest BCUT2D eigenvalue weighted by Crippen LogP contribution is -1.85. The van der Waals surface area contributed by atoms with Gasteiger partial charge >= 0.3 is 0 Å². The van der Waals surface area contributed by atoms with Gasteiger partial charge in [-0.3, -0.25) is 0 Å². The molecule has 28 heavy (non-hydrogen) atoms. The van der Waals surface area contributed by atoms with Gasteiger partial charge in [-0.1, -0.05) is 49.0 Å². The highest BCUT2D eigenvalue weighted by Gasteiger charge is 1.77. The Morgan fingerprint density at radius 2 is 1.14 bits per heavy atom. The molecule has 3 aromatic heterocycles. The Morgan fingerprint density at radius 3 is 1.36 bits per heavy atom. The lowest BCUT2D eigenvalue weighted by molar-refractivity contribution is 0.907. The Labute approximate surface area is 170 Å². The van der Waals surface area contributed by atoms with Gasteiger partial charge in [-0.2, -0.15) is 10.2 Å². The fourth-order valence-electron chi connectivity index (χ4n) is 0.908. The van der Waals surface area contributed by atoms with Gasteiger partial charge in [0.25, 0.3) is 0 Å². The molecule has 0 saturated heterocycles. The average Bonchev–Trinajstić information content (AvgIpc) is 2.75. The number of aryl methyl sites for hydroxylation is 3. The molecule has 0 radical (unpaired) electrons. The van der Waals surface area contributed by atoms with Crippen molar-refractivity contribution in [2.45, 2.75) is 69.7 Å². The minimum absolute atomic E-state index is 0. The van der Waals surface area contributed by atoms with Crippen LogP contribution in [0.5, 0.6) is 0 Å². The second kappa shape index (κ2) is 28.8. The van der Waals surface area contributed by atoms with E-state index < -0.39 is 0 Å². The van der Waals surface area contributed by atoms with Crippen molar-refractivity contribution in [3.63, 3.8) is 0 Å². The van der Waals surface area contributed by atoms with E-state index in [1.165, 1.54) is 19.0 Å². The van der Waals surface area contributed by atoms with Crippen LogP contribution in [-0.2, 0) is 0 Å². The normalized spacial score (nSPS) is 7.18. The molecule has 0 unspecified atom stereocenters. The predicted octanol–water partition coefficient (Wildman–Crippen LogP) is 4.25. The Hall–Kier alpha value is -2.97. The van der Waals surface area contributed by atoms with Crippen molar-refractivity contribution >= 4 is 0 Å². The van der Waals surface area contributed by atoms with Crippen molar-refractivity contribution in [2.75, 3.05) is 0 Å². The van der Waals surface area contributed by atoms with E-state index in [0.717, 1.165) is 11.5 Å². The lowest BCUT2D eigenvalue weighted by atomic mass is 10.6. The third-order valence-corrected chi connectivity index (χ3v) is 1.84. The lowest BCUT2D eigenvalue weighted by Gasteiger charge is -1.80. The van der Waals surface area contributed by atoms with Gasteiger partial charge in [0.2, 0.25) is 0 Å². The molecule has 0 bridgehead atoms. The SMILES string of the molecule is C.CC.CC.CC.Cc1cnncn1.Cc1nccnn1.Cc1ncncn1. The molecule has 0 N–H and O–H groups in total. The summed E-state index contributed by atoms with van der Waals surface area (Å²) < 4.78 is 0. The third kappa shape index (κ3) is 25.3. The fourth-order valence-corrected chi connectivity index (χ4v) is 0.908. The zero-order chi connectivity index (χ0) is 21.3. The molecule has 0 saturated carbocycles. The van der Waals surface area contributed by atoms with Crippen LogP contribution in [0.2, 0.25) is 0 Å². The summed E-state index contributed by atoms with van der Waals surface area (Å²) in [4.78, 5) is 18.7. The monoisotopic (exact) mass is 391 g/mol. The molecule has 0 fully saturated rings. The van der Waals surface area contributed by atoms with Gasteiger partial charge in [-0.25, -0.2) is 24.9 Å². The number of aromatic nitrogens is 9. The van der Waals surface area contributed by atoms with Crippen LogP contribution in [0.25, 0.3) is 0 Å². The van der Waals surface area contributed by atoms with E-state index in [4.69, 9.17) is 0 Å². The van der Waals surface area contributed by atoms with Crippen molar-refractivity contribution in [3.05, 3.63) is 54.9 Å². The topological polar surface area (TPSA) is 116 Å².